The van der Waals surface area contributed by atoms with E-state index in [2.05, 4.69) is 18.7 Å². The normalized spacial score (nSPS) is 11.4. The molecule has 0 aromatic carbocycles. The molecule has 0 amide bonds. The van der Waals surface area contributed by atoms with Gasteiger partial charge < -0.3 is 14.4 Å². The van der Waals surface area contributed by atoms with E-state index in [-0.39, 0.29) is 0 Å². The van der Waals surface area contributed by atoms with Crippen molar-refractivity contribution in [2.45, 2.75) is 65.2 Å². The molecule has 0 aromatic heterocycles. The van der Waals surface area contributed by atoms with E-state index in [1.807, 2.05) is 0 Å². The molecule has 0 aliphatic heterocycles. The lowest BCUT2D eigenvalue weighted by molar-refractivity contribution is 0.0566. The third kappa shape index (κ3) is 14.3. The third-order valence-electron chi connectivity index (χ3n) is 3.64. The summed E-state index contributed by atoms with van der Waals surface area (Å²) in [5.74, 6) is 0. The maximum Gasteiger partial charge on any atom is 0.0700 e. The van der Waals surface area contributed by atoms with Crippen LogP contribution in [0.25, 0.3) is 0 Å². The number of nitrogens with zero attached hydrogens (tertiary/aromatic N) is 1. The van der Waals surface area contributed by atoms with Crippen LogP contribution in [0.3, 0.4) is 0 Å². The van der Waals surface area contributed by atoms with Crippen LogP contribution in [-0.2, 0) is 9.47 Å². The molecule has 0 atom stereocenters. The van der Waals surface area contributed by atoms with Gasteiger partial charge >= 0.3 is 0 Å². The zero-order chi connectivity index (χ0) is 14.9. The summed E-state index contributed by atoms with van der Waals surface area (Å²) in [5.41, 5.74) is 0. The Hall–Kier alpha value is -0.120. The Bertz CT molecular complexity index is 164. The molecule has 0 heterocycles. The molecule has 0 radical (unpaired) electrons. The summed E-state index contributed by atoms with van der Waals surface area (Å²) in [6, 6.07) is 0. The van der Waals surface area contributed by atoms with Gasteiger partial charge in [0.25, 0.3) is 0 Å². The van der Waals surface area contributed by atoms with Crippen LogP contribution in [0, 0.1) is 0 Å². The maximum atomic E-state index is 5.59. The van der Waals surface area contributed by atoms with Crippen LogP contribution in [-0.4, -0.2) is 51.5 Å². The van der Waals surface area contributed by atoms with Crippen LogP contribution >= 0.6 is 0 Å². The average Bonchev–Trinajstić information content (AvgIpc) is 2.47. The second-order valence-electron chi connectivity index (χ2n) is 5.57. The summed E-state index contributed by atoms with van der Waals surface area (Å²) in [6.07, 6.45) is 10.8. The summed E-state index contributed by atoms with van der Waals surface area (Å²) in [4.78, 5) is 2.58. The number of ether oxygens (including phenoxy) is 2. The Morgan fingerprint density at radius 1 is 0.650 bits per heavy atom. The maximum absolute atomic E-state index is 5.59. The van der Waals surface area contributed by atoms with Gasteiger partial charge in [0.1, 0.15) is 0 Å². The van der Waals surface area contributed by atoms with E-state index in [0.717, 1.165) is 19.8 Å². The number of hydrogen-bond donors (Lipinski definition) is 0. The SMILES string of the molecule is CCCCCCN(CCCCCC)CCOCCOC. The zero-order valence-corrected chi connectivity index (χ0v) is 14.2. The molecule has 0 bridgehead atoms. The molecule has 122 valence electrons. The summed E-state index contributed by atoms with van der Waals surface area (Å²) in [6.45, 7) is 10.3. The number of methoxy groups -OCH3 is 1. The number of hydrogen-bond acceptors (Lipinski definition) is 3. The molecule has 0 saturated heterocycles. The molecule has 0 rings (SSSR count). The lowest BCUT2D eigenvalue weighted by Crippen LogP contribution is -2.30. The van der Waals surface area contributed by atoms with Crippen LogP contribution in [0.5, 0.6) is 0 Å². The quantitative estimate of drug-likeness (QED) is 0.399. The van der Waals surface area contributed by atoms with Crippen molar-refractivity contribution in [2.75, 3.05) is 46.6 Å². The van der Waals surface area contributed by atoms with Gasteiger partial charge in [0.15, 0.2) is 0 Å². The largest absolute Gasteiger partial charge is 0.382 e. The minimum Gasteiger partial charge on any atom is -0.382 e. The Morgan fingerprint density at radius 2 is 1.25 bits per heavy atom. The van der Waals surface area contributed by atoms with Crippen LogP contribution in [0.4, 0.5) is 0 Å². The average molecular weight is 287 g/mol. The van der Waals surface area contributed by atoms with Gasteiger partial charge in [-0.3, -0.25) is 0 Å². The van der Waals surface area contributed by atoms with Crippen LogP contribution in [0.1, 0.15) is 65.2 Å². The monoisotopic (exact) mass is 287 g/mol. The van der Waals surface area contributed by atoms with Crippen molar-refractivity contribution in [1.82, 2.24) is 4.90 Å². The predicted molar refractivity (Wildman–Crippen MR) is 87.4 cm³/mol. The molecule has 0 spiro atoms. The Labute approximate surface area is 127 Å². The van der Waals surface area contributed by atoms with Gasteiger partial charge in [-0.15, -0.1) is 0 Å². The Kier molecular flexibility index (Phi) is 16.8. The van der Waals surface area contributed by atoms with Crippen LogP contribution in [0.2, 0.25) is 0 Å². The van der Waals surface area contributed by atoms with Gasteiger partial charge in [-0.05, 0) is 25.9 Å². The van der Waals surface area contributed by atoms with Crippen molar-refractivity contribution >= 4 is 0 Å². The lowest BCUT2D eigenvalue weighted by atomic mass is 10.1. The molecule has 0 N–H and O–H groups in total. The van der Waals surface area contributed by atoms with Crippen LogP contribution in [0.15, 0.2) is 0 Å². The first-order valence-corrected chi connectivity index (χ1v) is 8.64. The summed E-state index contributed by atoms with van der Waals surface area (Å²) in [5, 5.41) is 0. The highest BCUT2D eigenvalue weighted by Gasteiger charge is 2.04. The molecule has 0 saturated carbocycles. The topological polar surface area (TPSA) is 21.7 Å². The summed E-state index contributed by atoms with van der Waals surface area (Å²) < 4.78 is 10.6. The van der Waals surface area contributed by atoms with E-state index in [1.54, 1.807) is 7.11 Å². The van der Waals surface area contributed by atoms with Gasteiger partial charge in [0.05, 0.1) is 19.8 Å². The summed E-state index contributed by atoms with van der Waals surface area (Å²) in [7, 11) is 1.72. The highest BCUT2D eigenvalue weighted by Crippen LogP contribution is 2.05. The van der Waals surface area contributed by atoms with Gasteiger partial charge in [-0.2, -0.15) is 0 Å². The Morgan fingerprint density at radius 3 is 1.75 bits per heavy atom. The molecular weight excluding hydrogens is 250 g/mol. The number of unbranched alkanes of at least 4 members (excludes halogenated alkanes) is 6. The first-order valence-electron chi connectivity index (χ1n) is 8.64. The fourth-order valence-corrected chi connectivity index (χ4v) is 2.30. The molecule has 0 fully saturated rings. The molecule has 0 aromatic rings. The van der Waals surface area contributed by atoms with Crippen molar-refractivity contribution in [2.24, 2.45) is 0 Å². The van der Waals surface area contributed by atoms with Gasteiger partial charge in [0.2, 0.25) is 0 Å². The molecule has 3 heteroatoms. The lowest BCUT2D eigenvalue weighted by Gasteiger charge is -2.22. The second-order valence-corrected chi connectivity index (χ2v) is 5.57. The minimum absolute atomic E-state index is 0.701. The van der Waals surface area contributed by atoms with Gasteiger partial charge in [-0.1, -0.05) is 52.4 Å². The highest BCUT2D eigenvalue weighted by atomic mass is 16.5. The van der Waals surface area contributed by atoms with Crippen LogP contribution < -0.4 is 0 Å². The molecule has 0 aliphatic carbocycles. The van der Waals surface area contributed by atoms with E-state index < -0.39 is 0 Å². The smallest absolute Gasteiger partial charge is 0.0700 e. The van der Waals surface area contributed by atoms with Crippen molar-refractivity contribution in [3.63, 3.8) is 0 Å². The molecule has 3 nitrogen and oxygen atoms in total. The first-order chi connectivity index (χ1) is 9.85. The van der Waals surface area contributed by atoms with Crippen molar-refractivity contribution in [3.05, 3.63) is 0 Å². The fourth-order valence-electron chi connectivity index (χ4n) is 2.30. The molecule has 20 heavy (non-hydrogen) atoms. The second kappa shape index (κ2) is 16.9. The van der Waals surface area contributed by atoms with Gasteiger partial charge in [-0.25, -0.2) is 0 Å². The van der Waals surface area contributed by atoms with Crippen molar-refractivity contribution < 1.29 is 9.47 Å². The van der Waals surface area contributed by atoms with E-state index in [9.17, 15) is 0 Å². The molecular formula is C17H37NO2. The van der Waals surface area contributed by atoms with E-state index >= 15 is 0 Å². The molecule has 0 unspecified atom stereocenters. The van der Waals surface area contributed by atoms with Crippen molar-refractivity contribution in [3.8, 4) is 0 Å². The van der Waals surface area contributed by atoms with Gasteiger partial charge in [0, 0.05) is 13.7 Å². The highest BCUT2D eigenvalue weighted by molar-refractivity contribution is 4.59. The third-order valence-corrected chi connectivity index (χ3v) is 3.64. The predicted octanol–water partition coefficient (Wildman–Crippen LogP) is 4.11. The van der Waals surface area contributed by atoms with E-state index in [4.69, 9.17) is 9.47 Å². The first kappa shape index (κ1) is 19.9. The van der Waals surface area contributed by atoms with Crippen molar-refractivity contribution in [1.29, 1.82) is 0 Å². The number of rotatable bonds is 16. The minimum atomic E-state index is 0.701. The zero-order valence-electron chi connectivity index (χ0n) is 14.2. The standard InChI is InChI=1S/C17H37NO2/c1-4-6-8-10-12-18(13-11-9-7-5-2)14-15-20-17-16-19-3/h4-17H2,1-3H3. The van der Waals surface area contributed by atoms with E-state index in [0.29, 0.717) is 6.61 Å². The Balaban J connectivity index is 3.67. The molecule has 0 aliphatic rings. The van der Waals surface area contributed by atoms with E-state index in [1.165, 1.54) is 64.5 Å². The fraction of sp³-hybridized carbons (Fsp3) is 1.00. The summed E-state index contributed by atoms with van der Waals surface area (Å²) >= 11 is 0.